The van der Waals surface area contributed by atoms with Gasteiger partial charge in [-0.3, -0.25) is 0 Å². The first kappa shape index (κ1) is 22.6. The van der Waals surface area contributed by atoms with Gasteiger partial charge in [0.1, 0.15) is 5.75 Å². The van der Waals surface area contributed by atoms with E-state index in [4.69, 9.17) is 9.47 Å². The number of methoxy groups -OCH3 is 1. The molecule has 2 aromatic carbocycles. The number of hydrogen-bond donors (Lipinski definition) is 1. The quantitative estimate of drug-likeness (QED) is 0.309. The van der Waals surface area contributed by atoms with Gasteiger partial charge in [0.05, 0.1) is 24.3 Å². The lowest BCUT2D eigenvalue weighted by Gasteiger charge is -2.35. The van der Waals surface area contributed by atoms with Gasteiger partial charge in [-0.2, -0.15) is 0 Å². The van der Waals surface area contributed by atoms with Gasteiger partial charge in [0.15, 0.2) is 0 Å². The molecule has 166 valence electrons. The Labute approximate surface area is 196 Å². The van der Waals surface area contributed by atoms with Crippen molar-refractivity contribution in [1.82, 2.24) is 0 Å². The Balaban J connectivity index is 1.68. The van der Waals surface area contributed by atoms with Crippen LogP contribution in [0.1, 0.15) is 31.2 Å². The average Bonchev–Trinajstić information content (AvgIpc) is 2.83. The van der Waals surface area contributed by atoms with Gasteiger partial charge >= 0.3 is 5.97 Å². The minimum Gasteiger partial charge on any atom is -0.497 e. The van der Waals surface area contributed by atoms with Crippen LogP contribution in [0.3, 0.4) is 0 Å². The second kappa shape index (κ2) is 10.3. The number of benzene rings is 2. The third-order valence-corrected chi connectivity index (χ3v) is 7.91. The fourth-order valence-corrected chi connectivity index (χ4v) is 6.38. The van der Waals surface area contributed by atoms with Crippen LogP contribution >= 0.6 is 23.5 Å². The SMILES string of the molecule is CCOC(=O)C1=C2CC(c3ccc(OC)cc3)C/C(=N\O)C2C=C(Sc2ccccc2)S1. The highest BCUT2D eigenvalue weighted by atomic mass is 32.2. The maximum atomic E-state index is 12.9. The Morgan fingerprint density at radius 1 is 1.16 bits per heavy atom. The number of carbonyl (C=O) groups is 1. The summed E-state index contributed by atoms with van der Waals surface area (Å²) in [6.07, 6.45) is 3.44. The molecule has 1 fully saturated rings. The van der Waals surface area contributed by atoms with Crippen molar-refractivity contribution in [3.05, 3.63) is 81.0 Å². The molecule has 0 spiro atoms. The van der Waals surface area contributed by atoms with Crippen LogP contribution in [-0.4, -0.2) is 30.6 Å². The standard InChI is InChI=1S/C25H25NO4S2/c1-3-30-25(27)24-21-13-17(16-9-11-18(29-2)12-10-16)14-22(26-28)20(21)15-23(32-24)31-19-7-5-4-6-8-19/h4-12,15,17,20,28H,3,13-14H2,1-2H3/b26-22+. The van der Waals surface area contributed by atoms with E-state index in [-0.39, 0.29) is 17.8 Å². The lowest BCUT2D eigenvalue weighted by molar-refractivity contribution is -0.137. The zero-order valence-corrected chi connectivity index (χ0v) is 19.6. The predicted octanol–water partition coefficient (Wildman–Crippen LogP) is 6.22. The molecule has 1 saturated carbocycles. The molecule has 2 aliphatic rings. The highest BCUT2D eigenvalue weighted by Gasteiger charge is 2.38. The first-order valence-corrected chi connectivity index (χ1v) is 12.1. The molecule has 1 heterocycles. The van der Waals surface area contributed by atoms with Gasteiger partial charge in [-0.05, 0) is 61.1 Å². The molecule has 5 nitrogen and oxygen atoms in total. The fraction of sp³-hybridized carbons (Fsp3) is 0.280. The average molecular weight is 468 g/mol. The van der Waals surface area contributed by atoms with Crippen molar-refractivity contribution in [2.24, 2.45) is 11.1 Å². The van der Waals surface area contributed by atoms with Crippen molar-refractivity contribution in [2.45, 2.75) is 30.6 Å². The molecule has 2 aromatic rings. The van der Waals surface area contributed by atoms with E-state index in [2.05, 4.69) is 11.2 Å². The van der Waals surface area contributed by atoms with Crippen LogP contribution in [-0.2, 0) is 9.53 Å². The first-order valence-electron chi connectivity index (χ1n) is 10.5. The summed E-state index contributed by atoms with van der Waals surface area (Å²) >= 11 is 3.05. The number of thioether (sulfide) groups is 2. The number of esters is 1. The molecule has 0 saturated heterocycles. The number of fused-ring (bicyclic) bond motifs is 1. The van der Waals surface area contributed by atoms with E-state index < -0.39 is 0 Å². The summed E-state index contributed by atoms with van der Waals surface area (Å²) in [5, 5.41) is 13.5. The number of hydrogen-bond acceptors (Lipinski definition) is 7. The number of oxime groups is 1. The molecule has 1 aliphatic heterocycles. The van der Waals surface area contributed by atoms with Crippen LogP contribution in [0.25, 0.3) is 0 Å². The molecule has 2 unspecified atom stereocenters. The van der Waals surface area contributed by atoms with E-state index in [0.717, 1.165) is 26.0 Å². The molecule has 2 atom stereocenters. The summed E-state index contributed by atoms with van der Waals surface area (Å²) in [4.78, 5) is 14.6. The maximum absolute atomic E-state index is 12.9. The Morgan fingerprint density at radius 2 is 1.91 bits per heavy atom. The summed E-state index contributed by atoms with van der Waals surface area (Å²) in [7, 11) is 1.64. The molecule has 7 heteroatoms. The maximum Gasteiger partial charge on any atom is 0.344 e. The molecule has 1 aliphatic carbocycles. The third-order valence-electron chi connectivity index (χ3n) is 5.59. The molecule has 1 N–H and O–H groups in total. The van der Waals surface area contributed by atoms with E-state index in [1.165, 1.54) is 11.8 Å². The smallest absolute Gasteiger partial charge is 0.344 e. The summed E-state index contributed by atoms with van der Waals surface area (Å²) in [6, 6.07) is 18.0. The van der Waals surface area contributed by atoms with Crippen LogP contribution in [0, 0.1) is 5.92 Å². The summed E-state index contributed by atoms with van der Waals surface area (Å²) in [5.41, 5.74) is 2.76. The normalized spacial score (nSPS) is 21.7. The van der Waals surface area contributed by atoms with Gasteiger partial charge < -0.3 is 14.7 Å². The van der Waals surface area contributed by atoms with Crippen molar-refractivity contribution in [3.63, 3.8) is 0 Å². The summed E-state index contributed by atoms with van der Waals surface area (Å²) in [5.74, 6) is 0.384. The highest BCUT2D eigenvalue weighted by molar-refractivity contribution is 8.24. The van der Waals surface area contributed by atoms with Crippen LogP contribution in [0.15, 0.2) is 85.4 Å². The third kappa shape index (κ3) is 4.89. The molecule has 4 rings (SSSR count). The fourth-order valence-electron chi connectivity index (χ4n) is 4.06. The minimum atomic E-state index is -0.315. The van der Waals surface area contributed by atoms with Crippen molar-refractivity contribution >= 4 is 35.2 Å². The largest absolute Gasteiger partial charge is 0.497 e. The molecule has 0 bridgehead atoms. The zero-order chi connectivity index (χ0) is 22.5. The van der Waals surface area contributed by atoms with Gasteiger partial charge in [0.2, 0.25) is 0 Å². The highest BCUT2D eigenvalue weighted by Crippen LogP contribution is 2.51. The summed E-state index contributed by atoms with van der Waals surface area (Å²) < 4.78 is 11.7. The first-order chi connectivity index (χ1) is 15.6. The number of rotatable bonds is 6. The van der Waals surface area contributed by atoms with Crippen molar-refractivity contribution in [3.8, 4) is 5.75 Å². The van der Waals surface area contributed by atoms with Gasteiger partial charge in [-0.15, -0.1) is 0 Å². The number of ether oxygens (including phenoxy) is 2. The van der Waals surface area contributed by atoms with Crippen molar-refractivity contribution in [2.75, 3.05) is 13.7 Å². The van der Waals surface area contributed by atoms with Crippen LogP contribution in [0.4, 0.5) is 0 Å². The minimum absolute atomic E-state index is 0.111. The number of allylic oxidation sites excluding steroid dienone is 2. The van der Waals surface area contributed by atoms with E-state index in [0.29, 0.717) is 30.1 Å². The van der Waals surface area contributed by atoms with Crippen LogP contribution in [0.5, 0.6) is 5.75 Å². The second-order valence-corrected chi connectivity index (χ2v) is 9.95. The van der Waals surface area contributed by atoms with Crippen LogP contribution < -0.4 is 4.74 Å². The molecule has 32 heavy (non-hydrogen) atoms. The van der Waals surface area contributed by atoms with Crippen molar-refractivity contribution in [1.29, 1.82) is 0 Å². The van der Waals surface area contributed by atoms with Crippen LogP contribution in [0.2, 0.25) is 0 Å². The Morgan fingerprint density at radius 3 is 2.56 bits per heavy atom. The Bertz CT molecular complexity index is 1060. The molecule has 0 amide bonds. The van der Waals surface area contributed by atoms with E-state index in [9.17, 15) is 10.0 Å². The topological polar surface area (TPSA) is 68.1 Å². The molecule has 0 aromatic heterocycles. The monoisotopic (exact) mass is 467 g/mol. The van der Waals surface area contributed by atoms with Gasteiger partial charge in [-0.1, -0.05) is 65.1 Å². The molecular formula is C25H25NO4S2. The zero-order valence-electron chi connectivity index (χ0n) is 18.0. The van der Waals surface area contributed by atoms with Gasteiger partial charge in [-0.25, -0.2) is 4.79 Å². The lowest BCUT2D eigenvalue weighted by atomic mass is 9.74. The predicted molar refractivity (Wildman–Crippen MR) is 129 cm³/mol. The van der Waals surface area contributed by atoms with E-state index >= 15 is 0 Å². The lowest BCUT2D eigenvalue weighted by Crippen LogP contribution is -2.29. The number of carbonyl (C=O) groups excluding carboxylic acids is 1. The van der Waals surface area contributed by atoms with E-state index in [1.807, 2.05) is 61.5 Å². The second-order valence-electron chi connectivity index (χ2n) is 7.53. The molecule has 0 radical (unpaired) electrons. The van der Waals surface area contributed by atoms with E-state index in [1.54, 1.807) is 18.9 Å². The molecular weight excluding hydrogens is 442 g/mol. The van der Waals surface area contributed by atoms with Gasteiger partial charge in [0, 0.05) is 15.1 Å². The Kier molecular flexibility index (Phi) is 7.27. The van der Waals surface area contributed by atoms with Gasteiger partial charge in [0.25, 0.3) is 0 Å². The Hall–Kier alpha value is -2.64. The number of nitrogens with zero attached hydrogens (tertiary/aromatic N) is 1. The summed E-state index contributed by atoms with van der Waals surface area (Å²) in [6.45, 7) is 2.12. The van der Waals surface area contributed by atoms with Crippen molar-refractivity contribution < 1.29 is 19.5 Å².